The second-order valence-corrected chi connectivity index (χ2v) is 2.48. The van der Waals surface area contributed by atoms with Crippen LogP contribution in [0.4, 0.5) is 0 Å². The van der Waals surface area contributed by atoms with Crippen LogP contribution in [0.3, 0.4) is 0 Å². The second kappa shape index (κ2) is 8.59. The van der Waals surface area contributed by atoms with Crippen LogP contribution in [0.2, 0.25) is 0 Å². The minimum Gasteiger partial charge on any atom is -0.481 e. The van der Waals surface area contributed by atoms with Gasteiger partial charge in [0.25, 0.3) is 0 Å². The first-order valence-corrected chi connectivity index (χ1v) is 3.62. The van der Waals surface area contributed by atoms with Gasteiger partial charge in [-0.25, -0.2) is 4.79 Å². The summed E-state index contributed by atoms with van der Waals surface area (Å²) in [5.41, 5.74) is -2.74. The lowest BCUT2D eigenvalue weighted by Gasteiger charge is -2.18. The molecule has 0 radical (unpaired) electrons. The molecule has 16 heavy (non-hydrogen) atoms. The van der Waals surface area contributed by atoms with Gasteiger partial charge in [0.15, 0.2) is 5.60 Å². The van der Waals surface area contributed by atoms with Crippen molar-refractivity contribution in [2.75, 3.05) is 7.11 Å². The Balaban J connectivity index is -0.000000529. The van der Waals surface area contributed by atoms with E-state index in [1.807, 2.05) is 0 Å². The van der Waals surface area contributed by atoms with Crippen LogP contribution in [0.15, 0.2) is 0 Å². The number of hydrogen-bond donors (Lipinski definition) is 5. The van der Waals surface area contributed by atoms with Gasteiger partial charge >= 0.3 is 17.9 Å². The lowest BCUT2D eigenvalue weighted by Crippen LogP contribution is -2.42. The monoisotopic (exact) mass is 242 g/mol. The van der Waals surface area contributed by atoms with Gasteiger partial charge < -0.3 is 31.0 Å². The Bertz CT molecular complexity index is 230. The smallest absolute Gasteiger partial charge is 0.336 e. The zero-order valence-electron chi connectivity index (χ0n) is 8.38. The third kappa shape index (κ3) is 7.67. The fraction of sp³-hybridized carbons (Fsp3) is 0.571. The molecule has 0 saturated carbocycles. The average Bonchev–Trinajstić information content (AvgIpc) is 2.04. The van der Waals surface area contributed by atoms with Crippen LogP contribution in [-0.4, -0.2) is 61.6 Å². The molecule has 0 saturated heterocycles. The summed E-state index contributed by atoms with van der Waals surface area (Å²) in [4.78, 5) is 30.5. The van der Waals surface area contributed by atoms with Gasteiger partial charge in [0.2, 0.25) is 0 Å². The van der Waals surface area contributed by atoms with Gasteiger partial charge in [-0.3, -0.25) is 9.59 Å². The van der Waals surface area contributed by atoms with Crippen molar-refractivity contribution in [3.8, 4) is 0 Å². The third-order valence-corrected chi connectivity index (χ3v) is 1.29. The normalized spacial score (nSPS) is 9.19. The summed E-state index contributed by atoms with van der Waals surface area (Å²) in [6, 6.07) is 0. The number of hydrogen-bond acceptors (Lipinski definition) is 5. The topological polar surface area (TPSA) is 184 Å². The van der Waals surface area contributed by atoms with Gasteiger partial charge in [0.05, 0.1) is 12.8 Å². The van der Waals surface area contributed by atoms with E-state index in [0.717, 1.165) is 7.11 Å². The first-order valence-electron chi connectivity index (χ1n) is 3.62. The van der Waals surface area contributed by atoms with E-state index in [2.05, 4.69) is 0 Å². The van der Waals surface area contributed by atoms with Gasteiger partial charge in [-0.2, -0.15) is 0 Å². The highest BCUT2D eigenvalue weighted by Crippen LogP contribution is 2.15. The minimum absolute atomic E-state index is 0. The highest BCUT2D eigenvalue weighted by Gasteiger charge is 2.40. The van der Waals surface area contributed by atoms with Crippen molar-refractivity contribution in [2.45, 2.75) is 18.4 Å². The van der Waals surface area contributed by atoms with Crippen LogP contribution >= 0.6 is 0 Å². The summed E-state index contributed by atoms with van der Waals surface area (Å²) in [5.74, 6) is -5.02. The van der Waals surface area contributed by atoms with Crippen molar-refractivity contribution in [2.24, 2.45) is 0 Å². The van der Waals surface area contributed by atoms with Crippen molar-refractivity contribution in [1.82, 2.24) is 0 Å². The van der Waals surface area contributed by atoms with Crippen molar-refractivity contribution in [3.63, 3.8) is 0 Å². The Morgan fingerprint density at radius 2 is 1.19 bits per heavy atom. The van der Waals surface area contributed by atoms with Gasteiger partial charge in [-0.05, 0) is 0 Å². The number of carboxylic acid groups (broad SMARTS) is 3. The molecule has 0 bridgehead atoms. The van der Waals surface area contributed by atoms with Gasteiger partial charge in [-0.15, -0.1) is 0 Å². The summed E-state index contributed by atoms with van der Waals surface area (Å²) in [6.45, 7) is 0. The van der Waals surface area contributed by atoms with Crippen LogP contribution in [0.25, 0.3) is 0 Å². The van der Waals surface area contributed by atoms with E-state index in [0.29, 0.717) is 0 Å². The van der Waals surface area contributed by atoms with Crippen LogP contribution in [0.5, 0.6) is 0 Å². The summed E-state index contributed by atoms with van der Waals surface area (Å²) in [5, 5.41) is 40.8. The summed E-state index contributed by atoms with van der Waals surface area (Å²) < 4.78 is 0. The van der Waals surface area contributed by atoms with Crippen molar-refractivity contribution < 1.29 is 45.4 Å². The van der Waals surface area contributed by atoms with Gasteiger partial charge in [0, 0.05) is 7.11 Å². The molecule has 0 rings (SSSR count). The number of aliphatic hydroxyl groups excluding tert-OH is 1. The first-order chi connectivity index (χ1) is 6.78. The fourth-order valence-corrected chi connectivity index (χ4v) is 0.714. The molecular formula is C7H14O9. The highest BCUT2D eigenvalue weighted by molar-refractivity contribution is 5.88. The van der Waals surface area contributed by atoms with E-state index in [1.165, 1.54) is 0 Å². The first kappa shape index (κ1) is 19.8. The van der Waals surface area contributed by atoms with Crippen LogP contribution < -0.4 is 0 Å². The molecule has 0 spiro atoms. The number of aliphatic carboxylic acids is 3. The molecule has 96 valence electrons. The largest absolute Gasteiger partial charge is 0.481 e. The predicted molar refractivity (Wildman–Crippen MR) is 48.8 cm³/mol. The highest BCUT2D eigenvalue weighted by atomic mass is 16.4. The number of carboxylic acids is 3. The molecule has 0 heterocycles. The van der Waals surface area contributed by atoms with E-state index in [4.69, 9.17) is 25.5 Å². The maximum atomic E-state index is 10.3. The zero-order chi connectivity index (χ0) is 12.6. The van der Waals surface area contributed by atoms with Crippen LogP contribution in [0.1, 0.15) is 12.8 Å². The second-order valence-electron chi connectivity index (χ2n) is 2.48. The molecule has 9 nitrogen and oxygen atoms in total. The molecule has 0 unspecified atom stereocenters. The Morgan fingerprint density at radius 1 is 0.938 bits per heavy atom. The lowest BCUT2D eigenvalue weighted by molar-refractivity contribution is -0.170. The maximum absolute atomic E-state index is 10.3. The van der Waals surface area contributed by atoms with E-state index in [1.54, 1.807) is 0 Å². The van der Waals surface area contributed by atoms with E-state index in [-0.39, 0.29) is 5.48 Å². The molecule has 9 heteroatoms. The molecule has 0 aromatic rings. The zero-order valence-corrected chi connectivity index (χ0v) is 8.38. The fourth-order valence-electron chi connectivity index (χ4n) is 0.714. The average molecular weight is 242 g/mol. The summed E-state index contributed by atoms with van der Waals surface area (Å²) in [7, 11) is 1.00. The molecule has 0 aliphatic carbocycles. The molecule has 0 amide bonds. The third-order valence-electron chi connectivity index (χ3n) is 1.29. The van der Waals surface area contributed by atoms with E-state index < -0.39 is 36.4 Å². The van der Waals surface area contributed by atoms with E-state index >= 15 is 0 Å². The number of rotatable bonds is 5. The molecule has 0 aromatic heterocycles. The van der Waals surface area contributed by atoms with Crippen LogP contribution in [0, 0.1) is 0 Å². The Kier molecular flexibility index (Phi) is 10.6. The van der Waals surface area contributed by atoms with Gasteiger partial charge in [-0.1, -0.05) is 0 Å². The maximum Gasteiger partial charge on any atom is 0.336 e. The predicted octanol–water partition coefficient (Wildman–Crippen LogP) is -2.46. The van der Waals surface area contributed by atoms with Gasteiger partial charge in [0.1, 0.15) is 0 Å². The molecule has 0 atom stereocenters. The Labute approximate surface area is 89.9 Å². The molecular weight excluding hydrogens is 228 g/mol. The molecule has 0 aliphatic rings. The van der Waals surface area contributed by atoms with E-state index in [9.17, 15) is 14.4 Å². The SMILES string of the molecule is CO.O.O=C(O)CC(O)(CC(=O)O)C(=O)O. The Hall–Kier alpha value is -1.71. The van der Waals surface area contributed by atoms with Crippen molar-refractivity contribution in [3.05, 3.63) is 0 Å². The number of carbonyl (C=O) groups is 3. The quantitative estimate of drug-likeness (QED) is 0.351. The molecule has 0 aliphatic heterocycles. The molecule has 7 N–H and O–H groups in total. The molecule has 0 aromatic carbocycles. The number of aliphatic hydroxyl groups is 2. The minimum atomic E-state index is -2.74. The standard InChI is InChI=1S/C6H8O7.CH4O.H2O/c7-3(8)1-6(13,5(11)12)2-4(9)10;1-2;/h13H,1-2H2,(H,7,8)(H,9,10)(H,11,12);2H,1H3;1H2. The van der Waals surface area contributed by atoms with Crippen molar-refractivity contribution in [1.29, 1.82) is 0 Å². The Morgan fingerprint density at radius 3 is 1.31 bits per heavy atom. The molecule has 0 fully saturated rings. The van der Waals surface area contributed by atoms with Crippen molar-refractivity contribution >= 4 is 17.9 Å². The lowest BCUT2D eigenvalue weighted by atomic mass is 9.96. The summed E-state index contributed by atoms with van der Waals surface area (Å²) >= 11 is 0. The summed E-state index contributed by atoms with van der Waals surface area (Å²) in [6.07, 6.45) is -2.29. The van der Waals surface area contributed by atoms with Crippen LogP contribution in [-0.2, 0) is 14.4 Å².